The molecule has 1 aromatic rings. The van der Waals surface area contributed by atoms with Crippen LogP contribution in [-0.2, 0) is 14.8 Å². The van der Waals surface area contributed by atoms with Crippen molar-refractivity contribution >= 4 is 33.3 Å². The van der Waals surface area contributed by atoms with Crippen LogP contribution in [0.2, 0.25) is 5.02 Å². The number of hydrogen-bond acceptors (Lipinski definition) is 4. The van der Waals surface area contributed by atoms with E-state index in [4.69, 9.17) is 16.7 Å². The minimum absolute atomic E-state index is 0.0530. The molecule has 0 aromatic carbocycles. The Bertz CT molecular complexity index is 503. The lowest BCUT2D eigenvalue weighted by Crippen LogP contribution is -2.32. The van der Waals surface area contributed by atoms with Gasteiger partial charge in [0.2, 0.25) is 10.0 Å². The van der Waals surface area contributed by atoms with Gasteiger partial charge in [-0.1, -0.05) is 11.6 Å². The number of hydrogen-bond donors (Lipinski definition) is 2. The van der Waals surface area contributed by atoms with Crippen LogP contribution in [0.25, 0.3) is 0 Å². The van der Waals surface area contributed by atoms with E-state index in [1.54, 1.807) is 0 Å². The maximum atomic E-state index is 11.5. The topological polar surface area (TPSA) is 96.4 Å². The number of halogens is 1. The molecular weight excluding hydrogens is 256 g/mol. The summed E-state index contributed by atoms with van der Waals surface area (Å²) < 4.78 is 25.1. The fraction of sp³-hybridized carbons (Fsp3) is 0.250. The summed E-state index contributed by atoms with van der Waals surface area (Å²) in [7, 11) is -4.01. The zero-order valence-electron chi connectivity index (χ0n) is 8.21. The van der Waals surface area contributed by atoms with E-state index >= 15 is 0 Å². The number of carboxylic acid groups (broad SMARTS) is 1. The molecule has 1 aromatic heterocycles. The average Bonchev–Trinajstić information content (AvgIpc) is 2.20. The van der Waals surface area contributed by atoms with Crippen LogP contribution < -0.4 is 4.72 Å². The second-order valence-corrected chi connectivity index (χ2v) is 5.39. The molecule has 0 saturated carbocycles. The molecule has 2 N–H and O–H groups in total. The highest BCUT2D eigenvalue weighted by molar-refractivity contribution is 7.94. The first kappa shape index (κ1) is 12.7. The summed E-state index contributed by atoms with van der Waals surface area (Å²) in [6.45, 7) is 1.06. The van der Waals surface area contributed by atoms with E-state index in [2.05, 4.69) is 9.71 Å². The Hall–Kier alpha value is -1.34. The first-order valence-electron chi connectivity index (χ1n) is 4.18. The highest BCUT2D eigenvalue weighted by atomic mass is 35.5. The lowest BCUT2D eigenvalue weighted by atomic mass is 10.4. The van der Waals surface area contributed by atoms with Gasteiger partial charge in [-0.05, 0) is 13.0 Å². The van der Waals surface area contributed by atoms with Crippen LogP contribution in [0.5, 0.6) is 0 Å². The lowest BCUT2D eigenvalue weighted by molar-refractivity contribution is -0.136. The summed E-state index contributed by atoms with van der Waals surface area (Å²) in [5.41, 5.74) is 0.0530. The molecule has 0 radical (unpaired) electrons. The van der Waals surface area contributed by atoms with Crippen molar-refractivity contribution in [3.8, 4) is 0 Å². The number of anilines is 1. The smallest absolute Gasteiger partial charge is 0.323 e. The van der Waals surface area contributed by atoms with Crippen LogP contribution >= 0.6 is 11.6 Å². The molecule has 8 heteroatoms. The third-order valence-corrected chi connectivity index (χ3v) is 3.80. The number of carbonyl (C=O) groups is 1. The van der Waals surface area contributed by atoms with Gasteiger partial charge in [0.15, 0.2) is 5.25 Å². The van der Waals surface area contributed by atoms with Crippen molar-refractivity contribution in [3.63, 3.8) is 0 Å². The van der Waals surface area contributed by atoms with Crippen molar-refractivity contribution in [3.05, 3.63) is 23.5 Å². The Kier molecular flexibility index (Phi) is 3.71. The molecule has 0 aliphatic carbocycles. The zero-order valence-corrected chi connectivity index (χ0v) is 9.79. The van der Waals surface area contributed by atoms with Gasteiger partial charge in [0.05, 0.1) is 16.9 Å². The minimum atomic E-state index is -4.01. The quantitative estimate of drug-likeness (QED) is 0.844. The van der Waals surface area contributed by atoms with E-state index in [1.807, 2.05) is 0 Å². The maximum absolute atomic E-state index is 11.5. The largest absolute Gasteiger partial charge is 0.480 e. The fourth-order valence-corrected chi connectivity index (χ4v) is 1.95. The Morgan fingerprint density at radius 1 is 1.62 bits per heavy atom. The molecule has 0 bridgehead atoms. The van der Waals surface area contributed by atoms with Crippen LogP contribution in [0, 0.1) is 0 Å². The molecule has 0 amide bonds. The second kappa shape index (κ2) is 4.67. The number of nitrogens with zero attached hydrogens (tertiary/aromatic N) is 1. The number of carboxylic acids is 1. The minimum Gasteiger partial charge on any atom is -0.480 e. The summed E-state index contributed by atoms with van der Waals surface area (Å²) >= 11 is 5.70. The zero-order chi connectivity index (χ0) is 12.3. The van der Waals surface area contributed by atoms with E-state index in [1.165, 1.54) is 18.5 Å². The predicted molar refractivity (Wildman–Crippen MR) is 58.9 cm³/mol. The van der Waals surface area contributed by atoms with E-state index in [0.717, 1.165) is 6.92 Å². The van der Waals surface area contributed by atoms with E-state index in [0.29, 0.717) is 0 Å². The summed E-state index contributed by atoms with van der Waals surface area (Å²) in [6, 6.07) is 1.39. The number of rotatable bonds is 4. The van der Waals surface area contributed by atoms with Crippen LogP contribution in [0.1, 0.15) is 6.92 Å². The standard InChI is InChI=1S/C8H9ClN2O4S/c1-5(8(12)13)16(14,15)11-7-4-10-3-2-6(7)9/h2-5,11H,1H3,(H,12,13). The monoisotopic (exact) mass is 264 g/mol. The maximum Gasteiger partial charge on any atom is 0.323 e. The number of sulfonamides is 1. The van der Waals surface area contributed by atoms with Gasteiger partial charge in [0.1, 0.15) is 0 Å². The van der Waals surface area contributed by atoms with Crippen LogP contribution in [-0.4, -0.2) is 29.7 Å². The van der Waals surface area contributed by atoms with Gasteiger partial charge in [-0.25, -0.2) is 8.42 Å². The van der Waals surface area contributed by atoms with Gasteiger partial charge in [0.25, 0.3) is 0 Å². The van der Waals surface area contributed by atoms with Gasteiger partial charge in [0, 0.05) is 6.20 Å². The van der Waals surface area contributed by atoms with E-state index in [-0.39, 0.29) is 10.7 Å². The third kappa shape index (κ3) is 2.83. The molecule has 0 saturated heterocycles. The number of aromatic nitrogens is 1. The molecule has 6 nitrogen and oxygen atoms in total. The van der Waals surface area contributed by atoms with Gasteiger partial charge >= 0.3 is 5.97 Å². The summed E-state index contributed by atoms with van der Waals surface area (Å²) in [5.74, 6) is -1.44. The van der Waals surface area contributed by atoms with Crippen molar-refractivity contribution in [1.82, 2.24) is 4.98 Å². The summed E-state index contributed by atoms with van der Waals surface area (Å²) in [4.78, 5) is 14.2. The first-order valence-corrected chi connectivity index (χ1v) is 6.11. The van der Waals surface area contributed by atoms with Crippen LogP contribution in [0.4, 0.5) is 5.69 Å². The van der Waals surface area contributed by atoms with Crippen LogP contribution in [0.15, 0.2) is 18.5 Å². The summed E-state index contributed by atoms with van der Waals surface area (Å²) in [5, 5.41) is 7.18. The average molecular weight is 265 g/mol. The molecule has 0 aliphatic heterocycles. The van der Waals surface area contributed by atoms with Crippen molar-refractivity contribution in [2.24, 2.45) is 0 Å². The summed E-state index contributed by atoms with van der Waals surface area (Å²) in [6.07, 6.45) is 2.59. The van der Waals surface area contributed by atoms with Crippen molar-refractivity contribution in [2.75, 3.05) is 4.72 Å². The highest BCUT2D eigenvalue weighted by Gasteiger charge is 2.28. The van der Waals surface area contributed by atoms with Crippen molar-refractivity contribution in [1.29, 1.82) is 0 Å². The van der Waals surface area contributed by atoms with E-state index < -0.39 is 21.2 Å². The molecule has 1 unspecified atom stereocenters. The highest BCUT2D eigenvalue weighted by Crippen LogP contribution is 2.21. The Balaban J connectivity index is 2.98. The molecule has 1 atom stereocenters. The Morgan fingerprint density at radius 3 is 2.75 bits per heavy atom. The molecule has 0 fully saturated rings. The fourth-order valence-electron chi connectivity index (χ4n) is 0.827. The predicted octanol–water partition coefficient (Wildman–Crippen LogP) is 0.950. The van der Waals surface area contributed by atoms with Gasteiger partial charge in [-0.3, -0.25) is 14.5 Å². The Morgan fingerprint density at radius 2 is 2.25 bits per heavy atom. The SMILES string of the molecule is CC(C(=O)O)S(=O)(=O)Nc1cnccc1Cl. The molecule has 1 rings (SSSR count). The van der Waals surface area contributed by atoms with Crippen molar-refractivity contribution in [2.45, 2.75) is 12.2 Å². The normalized spacial score (nSPS) is 13.1. The molecule has 1 heterocycles. The molecule has 0 spiro atoms. The molecule has 88 valence electrons. The van der Waals surface area contributed by atoms with Gasteiger partial charge in [-0.2, -0.15) is 0 Å². The van der Waals surface area contributed by atoms with Gasteiger partial charge < -0.3 is 5.11 Å². The first-order chi connectivity index (χ1) is 7.34. The molecular formula is C8H9ClN2O4S. The van der Waals surface area contributed by atoms with Crippen molar-refractivity contribution < 1.29 is 18.3 Å². The number of nitrogens with one attached hydrogen (secondary N) is 1. The van der Waals surface area contributed by atoms with E-state index in [9.17, 15) is 13.2 Å². The molecule has 16 heavy (non-hydrogen) atoms. The number of aliphatic carboxylic acids is 1. The lowest BCUT2D eigenvalue weighted by Gasteiger charge is -2.11. The second-order valence-electron chi connectivity index (χ2n) is 2.98. The third-order valence-electron chi connectivity index (χ3n) is 1.83. The van der Waals surface area contributed by atoms with Gasteiger partial charge in [-0.15, -0.1) is 0 Å². The van der Waals surface area contributed by atoms with Crippen LogP contribution in [0.3, 0.4) is 0 Å². The molecule has 0 aliphatic rings. The number of pyridine rings is 1. The Labute approximate surface area is 97.3 Å².